The predicted octanol–water partition coefficient (Wildman–Crippen LogP) is 2.06. The van der Waals surface area contributed by atoms with Gasteiger partial charge in [-0.2, -0.15) is 0 Å². The summed E-state index contributed by atoms with van der Waals surface area (Å²) >= 11 is 0. The van der Waals surface area contributed by atoms with Crippen LogP contribution in [0.3, 0.4) is 0 Å². The Morgan fingerprint density at radius 2 is 1.72 bits per heavy atom. The molecule has 0 heterocycles. The quantitative estimate of drug-likeness (QED) is 0.491. The summed E-state index contributed by atoms with van der Waals surface area (Å²) in [6.45, 7) is 6.82. The maximum absolute atomic E-state index is 10.3. The Hall–Kier alpha value is -0.160. The molecule has 18 heavy (non-hydrogen) atoms. The van der Waals surface area contributed by atoms with E-state index in [1.165, 1.54) is 6.42 Å². The molecule has 0 aromatic rings. The summed E-state index contributed by atoms with van der Waals surface area (Å²) in [7, 11) is 0. The summed E-state index contributed by atoms with van der Waals surface area (Å²) in [4.78, 5) is 0. The summed E-state index contributed by atoms with van der Waals surface area (Å²) in [6.07, 6.45) is 6.14. The molecule has 0 amide bonds. The van der Waals surface area contributed by atoms with Crippen molar-refractivity contribution in [3.63, 3.8) is 0 Å². The van der Waals surface area contributed by atoms with Gasteiger partial charge in [-0.1, -0.05) is 19.3 Å². The van der Waals surface area contributed by atoms with Gasteiger partial charge in [-0.05, 0) is 26.7 Å². The normalized spacial score (nSPS) is 19.3. The Bertz CT molecular complexity index is 199. The van der Waals surface area contributed by atoms with Crippen LogP contribution in [0.15, 0.2) is 0 Å². The van der Waals surface area contributed by atoms with E-state index in [9.17, 15) is 5.11 Å². The molecule has 108 valence electrons. The minimum absolute atomic E-state index is 0.117. The Balaban J connectivity index is 2.12. The van der Waals surface area contributed by atoms with E-state index in [1.54, 1.807) is 0 Å². The molecule has 0 saturated heterocycles. The average Bonchev–Trinajstić information content (AvgIpc) is 2.36. The highest BCUT2D eigenvalue weighted by Gasteiger charge is 2.28. The first-order valence-corrected chi connectivity index (χ1v) is 7.36. The smallest absolute Gasteiger partial charge is 0.158 e. The van der Waals surface area contributed by atoms with Crippen molar-refractivity contribution in [1.82, 2.24) is 5.32 Å². The lowest BCUT2D eigenvalue weighted by Gasteiger charge is -2.32. The van der Waals surface area contributed by atoms with Gasteiger partial charge in [0.15, 0.2) is 6.29 Å². The van der Waals surface area contributed by atoms with Gasteiger partial charge in [-0.3, -0.25) is 0 Å². The lowest BCUT2D eigenvalue weighted by atomic mass is 9.85. The second kappa shape index (κ2) is 8.86. The second-order valence-corrected chi connectivity index (χ2v) is 5.09. The zero-order chi connectivity index (χ0) is 13.3. The molecule has 0 bridgehead atoms. The average molecular weight is 259 g/mol. The van der Waals surface area contributed by atoms with Crippen LogP contribution >= 0.6 is 0 Å². The Kier molecular flexibility index (Phi) is 7.82. The molecule has 0 atom stereocenters. The van der Waals surface area contributed by atoms with Gasteiger partial charge in [0.1, 0.15) is 0 Å². The van der Waals surface area contributed by atoms with Crippen molar-refractivity contribution in [2.75, 3.05) is 26.3 Å². The topological polar surface area (TPSA) is 50.7 Å². The zero-order valence-corrected chi connectivity index (χ0v) is 11.9. The first kappa shape index (κ1) is 15.9. The van der Waals surface area contributed by atoms with Gasteiger partial charge in [0.2, 0.25) is 0 Å². The van der Waals surface area contributed by atoms with Crippen molar-refractivity contribution >= 4 is 0 Å². The van der Waals surface area contributed by atoms with Crippen molar-refractivity contribution in [3.8, 4) is 0 Å². The molecular formula is C14H29NO3. The SMILES string of the molecule is CCOC(CCNCC1(O)CCCCC1)OCC. The van der Waals surface area contributed by atoms with Crippen LogP contribution in [0.4, 0.5) is 0 Å². The van der Waals surface area contributed by atoms with Gasteiger partial charge in [-0.15, -0.1) is 0 Å². The first-order chi connectivity index (χ1) is 8.70. The van der Waals surface area contributed by atoms with Crippen LogP contribution in [0.1, 0.15) is 52.4 Å². The molecule has 2 N–H and O–H groups in total. The van der Waals surface area contributed by atoms with E-state index in [0.717, 1.165) is 38.6 Å². The number of hydrogen-bond acceptors (Lipinski definition) is 4. The molecule has 4 heteroatoms. The minimum atomic E-state index is -0.481. The third-order valence-corrected chi connectivity index (χ3v) is 3.50. The van der Waals surface area contributed by atoms with E-state index < -0.39 is 5.60 Å². The van der Waals surface area contributed by atoms with Crippen LogP contribution < -0.4 is 5.32 Å². The largest absolute Gasteiger partial charge is 0.389 e. The van der Waals surface area contributed by atoms with E-state index in [-0.39, 0.29) is 6.29 Å². The standard InChI is InChI=1S/C14H29NO3/c1-3-17-13(18-4-2)8-11-15-12-14(16)9-6-5-7-10-14/h13,15-16H,3-12H2,1-2H3. The van der Waals surface area contributed by atoms with Gasteiger partial charge in [0.25, 0.3) is 0 Å². The number of hydrogen-bond donors (Lipinski definition) is 2. The van der Waals surface area contributed by atoms with Crippen LogP contribution in [0.2, 0.25) is 0 Å². The van der Waals surface area contributed by atoms with Gasteiger partial charge in [0, 0.05) is 32.7 Å². The number of aliphatic hydroxyl groups is 1. The summed E-state index contributed by atoms with van der Waals surface area (Å²) in [5, 5.41) is 13.7. The summed E-state index contributed by atoms with van der Waals surface area (Å²) in [6, 6.07) is 0. The predicted molar refractivity (Wildman–Crippen MR) is 72.6 cm³/mol. The highest BCUT2D eigenvalue weighted by Crippen LogP contribution is 2.27. The highest BCUT2D eigenvalue weighted by atomic mass is 16.7. The fourth-order valence-corrected chi connectivity index (χ4v) is 2.51. The number of ether oxygens (including phenoxy) is 2. The maximum Gasteiger partial charge on any atom is 0.158 e. The van der Waals surface area contributed by atoms with E-state index in [4.69, 9.17) is 9.47 Å². The van der Waals surface area contributed by atoms with E-state index in [2.05, 4.69) is 5.32 Å². The first-order valence-electron chi connectivity index (χ1n) is 7.36. The third kappa shape index (κ3) is 6.14. The monoisotopic (exact) mass is 259 g/mol. The lowest BCUT2D eigenvalue weighted by molar-refractivity contribution is -0.139. The molecular weight excluding hydrogens is 230 g/mol. The second-order valence-electron chi connectivity index (χ2n) is 5.09. The van der Waals surface area contributed by atoms with Gasteiger partial charge in [-0.25, -0.2) is 0 Å². The molecule has 0 unspecified atom stereocenters. The van der Waals surface area contributed by atoms with Crippen molar-refractivity contribution in [2.45, 2.75) is 64.3 Å². The molecule has 0 aliphatic heterocycles. The van der Waals surface area contributed by atoms with Crippen molar-refractivity contribution < 1.29 is 14.6 Å². The Labute approximate surface area is 111 Å². The molecule has 0 aromatic heterocycles. The van der Waals surface area contributed by atoms with Crippen LogP contribution in [0, 0.1) is 0 Å². The number of rotatable bonds is 9. The minimum Gasteiger partial charge on any atom is -0.389 e. The van der Waals surface area contributed by atoms with Crippen molar-refractivity contribution in [1.29, 1.82) is 0 Å². The molecule has 0 aromatic carbocycles. The Morgan fingerprint density at radius 3 is 2.28 bits per heavy atom. The molecule has 1 saturated carbocycles. The van der Waals surface area contributed by atoms with Crippen molar-refractivity contribution in [3.05, 3.63) is 0 Å². The fraction of sp³-hybridized carbons (Fsp3) is 1.00. The molecule has 1 fully saturated rings. The fourth-order valence-electron chi connectivity index (χ4n) is 2.51. The molecule has 0 radical (unpaired) electrons. The lowest BCUT2D eigenvalue weighted by Crippen LogP contribution is -2.43. The van der Waals surface area contributed by atoms with Gasteiger partial charge >= 0.3 is 0 Å². The molecule has 1 aliphatic rings. The summed E-state index contributed by atoms with van der Waals surface area (Å²) in [5.74, 6) is 0. The van der Waals surface area contributed by atoms with Crippen LogP contribution in [-0.4, -0.2) is 43.3 Å². The maximum atomic E-state index is 10.3. The zero-order valence-electron chi connectivity index (χ0n) is 11.9. The molecule has 1 rings (SSSR count). The Morgan fingerprint density at radius 1 is 1.11 bits per heavy atom. The molecule has 4 nitrogen and oxygen atoms in total. The van der Waals surface area contributed by atoms with Gasteiger partial charge < -0.3 is 19.9 Å². The highest BCUT2D eigenvalue weighted by molar-refractivity contribution is 4.84. The molecule has 0 spiro atoms. The van der Waals surface area contributed by atoms with Crippen LogP contribution in [0.5, 0.6) is 0 Å². The number of nitrogens with one attached hydrogen (secondary N) is 1. The van der Waals surface area contributed by atoms with E-state index in [1.807, 2.05) is 13.8 Å². The van der Waals surface area contributed by atoms with Crippen LogP contribution in [0.25, 0.3) is 0 Å². The summed E-state index contributed by atoms with van der Waals surface area (Å²) < 4.78 is 10.9. The van der Waals surface area contributed by atoms with Gasteiger partial charge in [0.05, 0.1) is 5.60 Å². The van der Waals surface area contributed by atoms with Crippen LogP contribution in [-0.2, 0) is 9.47 Å². The van der Waals surface area contributed by atoms with E-state index >= 15 is 0 Å². The molecule has 1 aliphatic carbocycles. The summed E-state index contributed by atoms with van der Waals surface area (Å²) in [5.41, 5.74) is -0.481. The third-order valence-electron chi connectivity index (χ3n) is 3.50. The van der Waals surface area contributed by atoms with E-state index in [0.29, 0.717) is 19.8 Å². The van der Waals surface area contributed by atoms with Crippen molar-refractivity contribution in [2.24, 2.45) is 0 Å².